The molecule has 0 atom stereocenters. The number of tetrazole rings is 1. The Morgan fingerprint density at radius 3 is 2.41 bits per heavy atom. The second-order valence-corrected chi connectivity index (χ2v) is 7.13. The molecule has 0 radical (unpaired) electrons. The van der Waals surface area contributed by atoms with Gasteiger partial charge in [0.2, 0.25) is 5.91 Å². The highest BCUT2D eigenvalue weighted by molar-refractivity contribution is 5.76. The van der Waals surface area contributed by atoms with E-state index in [1.807, 2.05) is 23.1 Å². The molecule has 1 amide bonds. The average Bonchev–Trinajstić information content (AvgIpc) is 3.22. The van der Waals surface area contributed by atoms with Crippen LogP contribution in [0.5, 0.6) is 0 Å². The summed E-state index contributed by atoms with van der Waals surface area (Å²) in [7, 11) is 0. The summed E-state index contributed by atoms with van der Waals surface area (Å²) < 4.78 is 14.8. The van der Waals surface area contributed by atoms with Crippen molar-refractivity contribution in [2.75, 3.05) is 26.2 Å². The molecule has 1 aliphatic rings. The minimum Gasteiger partial charge on any atom is -0.340 e. The number of carbonyl (C=O) groups is 1. The summed E-state index contributed by atoms with van der Waals surface area (Å²) in [5.74, 6) is 0.599. The van der Waals surface area contributed by atoms with Gasteiger partial charge in [0.15, 0.2) is 5.82 Å². The largest absolute Gasteiger partial charge is 0.340 e. The van der Waals surface area contributed by atoms with Crippen LogP contribution in [-0.2, 0) is 17.8 Å². The Balaban J connectivity index is 1.29. The number of aromatic nitrogens is 4. The number of amides is 1. The highest BCUT2D eigenvalue weighted by Gasteiger charge is 2.22. The van der Waals surface area contributed by atoms with Crippen molar-refractivity contribution in [3.05, 3.63) is 71.8 Å². The molecule has 4 rings (SSSR count). The predicted octanol–water partition coefficient (Wildman–Crippen LogP) is 2.08. The minimum atomic E-state index is -0.295. The second kappa shape index (κ2) is 8.91. The van der Waals surface area contributed by atoms with Crippen LogP contribution in [-0.4, -0.2) is 62.1 Å². The first-order valence-electron chi connectivity index (χ1n) is 9.76. The zero-order valence-electron chi connectivity index (χ0n) is 16.1. The van der Waals surface area contributed by atoms with E-state index in [0.29, 0.717) is 31.9 Å². The summed E-state index contributed by atoms with van der Waals surface area (Å²) in [5, 5.41) is 11.9. The van der Waals surface area contributed by atoms with Crippen LogP contribution in [0.15, 0.2) is 54.6 Å². The van der Waals surface area contributed by atoms with Gasteiger partial charge in [0.25, 0.3) is 0 Å². The van der Waals surface area contributed by atoms with Crippen LogP contribution in [0, 0.1) is 5.82 Å². The van der Waals surface area contributed by atoms with E-state index in [1.54, 1.807) is 16.8 Å². The molecule has 0 bridgehead atoms. The molecule has 1 saturated heterocycles. The molecule has 0 aliphatic carbocycles. The number of rotatable bonds is 6. The molecule has 2 aromatic carbocycles. The van der Waals surface area contributed by atoms with Gasteiger partial charge < -0.3 is 4.90 Å². The van der Waals surface area contributed by atoms with Crippen molar-refractivity contribution in [3.8, 4) is 5.69 Å². The number of carbonyl (C=O) groups excluding carboxylic acids is 1. The standard InChI is InChI=1S/C21H23FN6O/c22-18-7-9-19(10-8-18)28-20(23-24-25-28)16-26-12-14-27(15-13-26)21(29)11-6-17-4-2-1-3-5-17/h1-5,7-10H,6,11-16H2. The maximum Gasteiger partial charge on any atom is 0.222 e. The molecular formula is C21H23FN6O. The molecule has 7 nitrogen and oxygen atoms in total. The zero-order chi connectivity index (χ0) is 20.1. The van der Waals surface area contributed by atoms with Crippen molar-refractivity contribution in [1.29, 1.82) is 0 Å². The Kier molecular flexibility index (Phi) is 5.90. The molecule has 150 valence electrons. The maximum atomic E-state index is 13.2. The zero-order valence-corrected chi connectivity index (χ0v) is 16.1. The number of aryl methyl sites for hydroxylation is 1. The van der Waals surface area contributed by atoms with Gasteiger partial charge in [-0.25, -0.2) is 4.39 Å². The third-order valence-electron chi connectivity index (χ3n) is 5.17. The molecule has 0 N–H and O–H groups in total. The fourth-order valence-corrected chi connectivity index (χ4v) is 3.50. The first-order chi connectivity index (χ1) is 14.2. The topological polar surface area (TPSA) is 67.2 Å². The Bertz CT molecular complexity index is 935. The number of hydrogen-bond acceptors (Lipinski definition) is 5. The monoisotopic (exact) mass is 394 g/mol. The lowest BCUT2D eigenvalue weighted by atomic mass is 10.1. The molecule has 2 heterocycles. The Morgan fingerprint density at radius 2 is 1.69 bits per heavy atom. The van der Waals surface area contributed by atoms with Crippen LogP contribution in [0.2, 0.25) is 0 Å². The van der Waals surface area contributed by atoms with Crippen LogP contribution >= 0.6 is 0 Å². The molecule has 3 aromatic rings. The third kappa shape index (κ3) is 4.83. The lowest BCUT2D eigenvalue weighted by Crippen LogP contribution is -2.48. The first-order valence-corrected chi connectivity index (χ1v) is 9.76. The van der Waals surface area contributed by atoms with Crippen molar-refractivity contribution >= 4 is 5.91 Å². The number of benzene rings is 2. The van der Waals surface area contributed by atoms with E-state index in [-0.39, 0.29) is 11.7 Å². The van der Waals surface area contributed by atoms with Crippen molar-refractivity contribution in [1.82, 2.24) is 30.0 Å². The highest BCUT2D eigenvalue weighted by atomic mass is 19.1. The Hall–Kier alpha value is -3.13. The van der Waals surface area contributed by atoms with Crippen LogP contribution in [0.3, 0.4) is 0 Å². The highest BCUT2D eigenvalue weighted by Crippen LogP contribution is 2.13. The molecule has 1 aromatic heterocycles. The van der Waals surface area contributed by atoms with Gasteiger partial charge in [0.1, 0.15) is 5.82 Å². The molecule has 0 saturated carbocycles. The van der Waals surface area contributed by atoms with Crippen LogP contribution in [0.25, 0.3) is 5.69 Å². The first kappa shape index (κ1) is 19.2. The van der Waals surface area contributed by atoms with Gasteiger partial charge in [-0.2, -0.15) is 4.68 Å². The van der Waals surface area contributed by atoms with Gasteiger partial charge in [-0.3, -0.25) is 9.69 Å². The number of hydrogen-bond donors (Lipinski definition) is 0. The van der Waals surface area contributed by atoms with E-state index in [9.17, 15) is 9.18 Å². The van der Waals surface area contributed by atoms with Gasteiger partial charge in [0.05, 0.1) is 12.2 Å². The molecular weight excluding hydrogens is 371 g/mol. The SMILES string of the molecule is O=C(CCc1ccccc1)N1CCN(Cc2nnnn2-c2ccc(F)cc2)CC1. The lowest BCUT2D eigenvalue weighted by molar-refractivity contribution is -0.133. The van der Waals surface area contributed by atoms with Crippen LogP contribution < -0.4 is 0 Å². The van der Waals surface area contributed by atoms with Gasteiger partial charge in [-0.15, -0.1) is 5.10 Å². The molecule has 8 heteroatoms. The summed E-state index contributed by atoms with van der Waals surface area (Å²) in [6, 6.07) is 16.2. The quantitative estimate of drug-likeness (QED) is 0.640. The van der Waals surface area contributed by atoms with Crippen molar-refractivity contribution in [3.63, 3.8) is 0 Å². The average molecular weight is 394 g/mol. The predicted molar refractivity (Wildman–Crippen MR) is 106 cm³/mol. The number of piperazine rings is 1. The summed E-state index contributed by atoms with van der Waals surface area (Å²) in [4.78, 5) is 16.7. The minimum absolute atomic E-state index is 0.199. The maximum absolute atomic E-state index is 13.2. The third-order valence-corrected chi connectivity index (χ3v) is 5.17. The fourth-order valence-electron chi connectivity index (χ4n) is 3.50. The molecule has 0 spiro atoms. The van der Waals surface area contributed by atoms with Gasteiger partial charge >= 0.3 is 0 Å². The summed E-state index contributed by atoms with van der Waals surface area (Å²) in [6.07, 6.45) is 1.30. The van der Waals surface area contributed by atoms with E-state index < -0.39 is 0 Å². The van der Waals surface area contributed by atoms with E-state index in [4.69, 9.17) is 0 Å². The molecule has 1 aliphatic heterocycles. The summed E-state index contributed by atoms with van der Waals surface area (Å²) in [5.41, 5.74) is 1.91. The summed E-state index contributed by atoms with van der Waals surface area (Å²) in [6.45, 7) is 3.52. The van der Waals surface area contributed by atoms with Crippen molar-refractivity contribution < 1.29 is 9.18 Å². The van der Waals surface area contributed by atoms with Gasteiger partial charge in [0, 0.05) is 32.6 Å². The van der Waals surface area contributed by atoms with Crippen molar-refractivity contribution in [2.45, 2.75) is 19.4 Å². The van der Waals surface area contributed by atoms with E-state index in [0.717, 1.165) is 25.2 Å². The van der Waals surface area contributed by atoms with Crippen LogP contribution in [0.4, 0.5) is 4.39 Å². The fraction of sp³-hybridized carbons (Fsp3) is 0.333. The normalized spacial score (nSPS) is 14.9. The molecule has 0 unspecified atom stereocenters. The van der Waals surface area contributed by atoms with E-state index in [2.05, 4.69) is 32.6 Å². The van der Waals surface area contributed by atoms with E-state index in [1.165, 1.54) is 17.7 Å². The molecule has 1 fully saturated rings. The van der Waals surface area contributed by atoms with Crippen LogP contribution in [0.1, 0.15) is 17.8 Å². The van der Waals surface area contributed by atoms with Gasteiger partial charge in [-0.1, -0.05) is 30.3 Å². The smallest absolute Gasteiger partial charge is 0.222 e. The molecule has 29 heavy (non-hydrogen) atoms. The van der Waals surface area contributed by atoms with Gasteiger partial charge in [-0.05, 0) is 46.7 Å². The Morgan fingerprint density at radius 1 is 0.966 bits per heavy atom. The van der Waals surface area contributed by atoms with E-state index >= 15 is 0 Å². The summed E-state index contributed by atoms with van der Waals surface area (Å²) >= 11 is 0. The van der Waals surface area contributed by atoms with Crippen molar-refractivity contribution in [2.24, 2.45) is 0 Å². The lowest BCUT2D eigenvalue weighted by Gasteiger charge is -2.34. The number of halogens is 1. The second-order valence-electron chi connectivity index (χ2n) is 7.13. The number of nitrogens with zero attached hydrogens (tertiary/aromatic N) is 6. The Labute approximate surface area is 168 Å².